The topological polar surface area (TPSA) is 63.8 Å². The third kappa shape index (κ3) is 1.89. The van der Waals surface area contributed by atoms with E-state index in [-0.39, 0.29) is 0 Å². The van der Waals surface area contributed by atoms with Gasteiger partial charge in [-0.3, -0.25) is 0 Å². The highest BCUT2D eigenvalue weighted by Crippen LogP contribution is 2.37. The van der Waals surface area contributed by atoms with Crippen molar-refractivity contribution in [3.8, 4) is 0 Å². The molecule has 4 rings (SSSR count). The number of nitrogen functional groups attached to an aromatic ring is 1. The molecule has 2 heterocycles. The van der Waals surface area contributed by atoms with Crippen molar-refractivity contribution in [3.63, 3.8) is 0 Å². The fourth-order valence-corrected chi connectivity index (χ4v) is 4.16. The highest BCUT2D eigenvalue weighted by atomic mass is 32.2. The lowest BCUT2D eigenvalue weighted by Gasteiger charge is -2.12. The molecule has 0 amide bonds. The average Bonchev–Trinajstić information content (AvgIpc) is 3.12. The smallest absolute Gasteiger partial charge is 0.148 e. The minimum Gasteiger partial charge on any atom is -0.308 e. The Bertz CT molecular complexity index is 646. The van der Waals surface area contributed by atoms with Gasteiger partial charge in [-0.25, -0.2) is 15.8 Å². The first-order valence-corrected chi connectivity index (χ1v) is 8.01. The Hall–Kier alpha value is -1.59. The number of nitrogens with zero attached hydrogens (tertiary/aromatic N) is 2. The number of thioether (sulfide) groups is 1. The van der Waals surface area contributed by atoms with Crippen LogP contribution < -0.4 is 11.3 Å². The van der Waals surface area contributed by atoms with Gasteiger partial charge < -0.3 is 5.43 Å². The Morgan fingerprint density at radius 2 is 1.85 bits per heavy atom. The minimum absolute atomic E-state index is 0.385. The summed E-state index contributed by atoms with van der Waals surface area (Å²) in [5.41, 5.74) is 7.94. The first-order chi connectivity index (χ1) is 9.85. The third-order valence-corrected chi connectivity index (χ3v) is 5.12. The van der Waals surface area contributed by atoms with Crippen LogP contribution in [0.1, 0.15) is 34.1 Å². The van der Waals surface area contributed by atoms with Crippen LogP contribution in [-0.4, -0.2) is 9.97 Å². The SMILES string of the molecule is NNc1nc(C2Cc3ccccc3C2)nc2c1CSC2. The standard InChI is InChI=1S/C15H16N4S/c16-19-15-12-7-20-8-13(12)17-14(18-15)11-5-9-3-1-2-4-10(9)6-11/h1-4,11H,5-8,16H2,(H,17,18,19). The molecule has 2 aliphatic rings. The fourth-order valence-electron chi connectivity index (χ4n) is 3.11. The van der Waals surface area contributed by atoms with Crippen LogP contribution >= 0.6 is 11.8 Å². The number of nitrogens with two attached hydrogens (primary N) is 1. The van der Waals surface area contributed by atoms with Crippen LogP contribution in [0.15, 0.2) is 24.3 Å². The van der Waals surface area contributed by atoms with Gasteiger partial charge in [0.15, 0.2) is 0 Å². The van der Waals surface area contributed by atoms with E-state index >= 15 is 0 Å². The highest BCUT2D eigenvalue weighted by molar-refractivity contribution is 7.98. The van der Waals surface area contributed by atoms with E-state index in [0.29, 0.717) is 5.92 Å². The van der Waals surface area contributed by atoms with Gasteiger partial charge in [0.2, 0.25) is 0 Å². The number of hydrogen-bond donors (Lipinski definition) is 2. The molecular formula is C15H16N4S. The molecule has 0 radical (unpaired) electrons. The third-order valence-electron chi connectivity index (χ3n) is 4.15. The van der Waals surface area contributed by atoms with Crippen LogP contribution in [-0.2, 0) is 24.3 Å². The molecule has 102 valence electrons. The van der Waals surface area contributed by atoms with Crippen LogP contribution in [0.2, 0.25) is 0 Å². The maximum absolute atomic E-state index is 5.63. The van der Waals surface area contributed by atoms with Crippen LogP contribution in [0.5, 0.6) is 0 Å². The Morgan fingerprint density at radius 3 is 2.55 bits per heavy atom. The van der Waals surface area contributed by atoms with Gasteiger partial charge in [0.1, 0.15) is 11.6 Å². The Kier molecular flexibility index (Phi) is 2.89. The van der Waals surface area contributed by atoms with Gasteiger partial charge in [-0.2, -0.15) is 11.8 Å². The quantitative estimate of drug-likeness (QED) is 0.655. The molecule has 0 bridgehead atoms. The summed E-state index contributed by atoms with van der Waals surface area (Å²) in [5.74, 6) is 9.69. The van der Waals surface area contributed by atoms with E-state index in [1.807, 2.05) is 11.8 Å². The molecule has 4 nitrogen and oxygen atoms in total. The second-order valence-electron chi connectivity index (χ2n) is 5.37. The van der Waals surface area contributed by atoms with Crippen molar-refractivity contribution in [2.45, 2.75) is 30.3 Å². The highest BCUT2D eigenvalue weighted by Gasteiger charge is 2.27. The summed E-state index contributed by atoms with van der Waals surface area (Å²) in [7, 11) is 0. The fraction of sp³-hybridized carbons (Fsp3) is 0.333. The first kappa shape index (κ1) is 12.2. The molecule has 0 spiro atoms. The normalized spacial score (nSPS) is 17.1. The van der Waals surface area contributed by atoms with E-state index in [2.05, 4.69) is 34.7 Å². The number of anilines is 1. The second kappa shape index (κ2) is 4.75. The predicted octanol–water partition coefficient (Wildman–Crippen LogP) is 2.39. The van der Waals surface area contributed by atoms with E-state index in [1.165, 1.54) is 16.7 Å². The molecule has 20 heavy (non-hydrogen) atoms. The van der Waals surface area contributed by atoms with Gasteiger partial charge >= 0.3 is 0 Å². The molecule has 0 fully saturated rings. The van der Waals surface area contributed by atoms with Crippen molar-refractivity contribution in [2.75, 3.05) is 5.43 Å². The lowest BCUT2D eigenvalue weighted by atomic mass is 10.1. The number of hydrazine groups is 1. The van der Waals surface area contributed by atoms with Crippen molar-refractivity contribution < 1.29 is 0 Å². The molecule has 1 aliphatic carbocycles. The minimum atomic E-state index is 0.385. The van der Waals surface area contributed by atoms with Crippen LogP contribution in [0, 0.1) is 0 Å². The molecule has 0 atom stereocenters. The summed E-state index contributed by atoms with van der Waals surface area (Å²) in [6, 6.07) is 8.63. The van der Waals surface area contributed by atoms with E-state index in [4.69, 9.17) is 10.8 Å². The maximum Gasteiger partial charge on any atom is 0.148 e. The van der Waals surface area contributed by atoms with Gasteiger partial charge in [-0.1, -0.05) is 24.3 Å². The van der Waals surface area contributed by atoms with E-state index < -0.39 is 0 Å². The molecule has 2 aromatic rings. The zero-order chi connectivity index (χ0) is 13.5. The van der Waals surface area contributed by atoms with E-state index in [0.717, 1.165) is 41.7 Å². The average molecular weight is 284 g/mol. The zero-order valence-electron chi connectivity index (χ0n) is 11.1. The Labute approximate surface area is 122 Å². The Morgan fingerprint density at radius 1 is 1.10 bits per heavy atom. The number of nitrogens with one attached hydrogen (secondary N) is 1. The van der Waals surface area contributed by atoms with Crippen molar-refractivity contribution in [1.29, 1.82) is 0 Å². The lowest BCUT2D eigenvalue weighted by Crippen LogP contribution is -2.15. The van der Waals surface area contributed by atoms with Crippen molar-refractivity contribution in [1.82, 2.24) is 9.97 Å². The van der Waals surface area contributed by atoms with Crippen LogP contribution in [0.25, 0.3) is 0 Å². The van der Waals surface area contributed by atoms with Crippen molar-refractivity contribution >= 4 is 17.6 Å². The van der Waals surface area contributed by atoms with Gasteiger partial charge in [0, 0.05) is 23.0 Å². The molecule has 1 aromatic heterocycles. The van der Waals surface area contributed by atoms with Crippen LogP contribution in [0.3, 0.4) is 0 Å². The maximum atomic E-state index is 5.63. The van der Waals surface area contributed by atoms with Gasteiger partial charge in [-0.05, 0) is 24.0 Å². The molecule has 1 aliphatic heterocycles. The lowest BCUT2D eigenvalue weighted by molar-refractivity contribution is 0.677. The summed E-state index contributed by atoms with van der Waals surface area (Å²) in [6.07, 6.45) is 2.07. The van der Waals surface area contributed by atoms with Crippen molar-refractivity contribution in [3.05, 3.63) is 52.5 Å². The molecule has 3 N–H and O–H groups in total. The Balaban J connectivity index is 1.71. The molecule has 0 saturated carbocycles. The number of aromatic nitrogens is 2. The summed E-state index contributed by atoms with van der Waals surface area (Å²) in [4.78, 5) is 9.47. The number of hydrogen-bond acceptors (Lipinski definition) is 5. The van der Waals surface area contributed by atoms with Crippen LogP contribution in [0.4, 0.5) is 5.82 Å². The van der Waals surface area contributed by atoms with Gasteiger partial charge in [0.05, 0.1) is 5.69 Å². The van der Waals surface area contributed by atoms with Gasteiger partial charge in [0.25, 0.3) is 0 Å². The largest absolute Gasteiger partial charge is 0.308 e. The number of fused-ring (bicyclic) bond motifs is 2. The summed E-state index contributed by atoms with van der Waals surface area (Å²) in [5, 5.41) is 0. The number of benzene rings is 1. The van der Waals surface area contributed by atoms with E-state index in [9.17, 15) is 0 Å². The summed E-state index contributed by atoms with van der Waals surface area (Å²) < 4.78 is 0. The van der Waals surface area contributed by atoms with E-state index in [1.54, 1.807) is 0 Å². The summed E-state index contributed by atoms with van der Waals surface area (Å²) >= 11 is 1.87. The second-order valence-corrected chi connectivity index (χ2v) is 6.35. The molecule has 1 aromatic carbocycles. The molecule has 0 saturated heterocycles. The summed E-state index contributed by atoms with van der Waals surface area (Å²) in [6.45, 7) is 0. The zero-order valence-corrected chi connectivity index (χ0v) is 11.9. The van der Waals surface area contributed by atoms with Gasteiger partial charge in [-0.15, -0.1) is 0 Å². The monoisotopic (exact) mass is 284 g/mol. The molecule has 0 unspecified atom stereocenters. The molecular weight excluding hydrogens is 268 g/mol. The number of rotatable bonds is 2. The predicted molar refractivity (Wildman–Crippen MR) is 81.4 cm³/mol. The molecule has 5 heteroatoms. The van der Waals surface area contributed by atoms with Crippen molar-refractivity contribution in [2.24, 2.45) is 5.84 Å². The first-order valence-electron chi connectivity index (χ1n) is 6.86.